The van der Waals surface area contributed by atoms with E-state index in [4.69, 9.17) is 4.74 Å². The highest BCUT2D eigenvalue weighted by Crippen LogP contribution is 2.36. The maximum atomic E-state index is 5.52. The van der Waals surface area contributed by atoms with Crippen LogP contribution < -0.4 is 5.32 Å². The molecule has 2 fully saturated rings. The molecule has 3 heteroatoms. The van der Waals surface area contributed by atoms with Gasteiger partial charge < -0.3 is 15.0 Å². The van der Waals surface area contributed by atoms with Gasteiger partial charge in [0.1, 0.15) is 0 Å². The van der Waals surface area contributed by atoms with Crippen molar-refractivity contribution >= 4 is 0 Å². The SMILES string of the molecule is CC(C)NCC1(CN(C)C2CCOCC2)CCCCCC1. The first-order valence-electron chi connectivity index (χ1n) is 9.13. The molecule has 0 amide bonds. The Morgan fingerprint density at radius 3 is 2.29 bits per heavy atom. The van der Waals surface area contributed by atoms with Crippen molar-refractivity contribution in [3.8, 4) is 0 Å². The van der Waals surface area contributed by atoms with Crippen LogP contribution in [0.25, 0.3) is 0 Å². The molecule has 2 aliphatic rings. The van der Waals surface area contributed by atoms with Crippen molar-refractivity contribution in [1.82, 2.24) is 10.2 Å². The summed E-state index contributed by atoms with van der Waals surface area (Å²) in [7, 11) is 2.35. The van der Waals surface area contributed by atoms with Gasteiger partial charge in [-0.05, 0) is 38.1 Å². The molecule has 2 rings (SSSR count). The Morgan fingerprint density at radius 1 is 1.10 bits per heavy atom. The van der Waals surface area contributed by atoms with E-state index in [2.05, 4.69) is 31.1 Å². The van der Waals surface area contributed by atoms with Crippen LogP contribution in [0.2, 0.25) is 0 Å². The third-order valence-corrected chi connectivity index (χ3v) is 5.45. The zero-order valence-corrected chi connectivity index (χ0v) is 14.5. The molecule has 0 atom stereocenters. The number of nitrogens with one attached hydrogen (secondary N) is 1. The number of hydrogen-bond donors (Lipinski definition) is 1. The second-order valence-electron chi connectivity index (χ2n) is 7.71. The summed E-state index contributed by atoms with van der Waals surface area (Å²) in [5, 5.41) is 3.74. The Morgan fingerprint density at radius 2 is 1.71 bits per heavy atom. The highest BCUT2D eigenvalue weighted by molar-refractivity contribution is 4.88. The highest BCUT2D eigenvalue weighted by atomic mass is 16.5. The summed E-state index contributed by atoms with van der Waals surface area (Å²) in [5.74, 6) is 0. The molecule has 0 spiro atoms. The first-order valence-corrected chi connectivity index (χ1v) is 9.13. The highest BCUT2D eigenvalue weighted by Gasteiger charge is 2.34. The van der Waals surface area contributed by atoms with Crippen LogP contribution in [-0.2, 0) is 4.74 Å². The molecule has 0 radical (unpaired) electrons. The molecule has 1 aliphatic heterocycles. The van der Waals surface area contributed by atoms with Crippen LogP contribution in [0, 0.1) is 5.41 Å². The van der Waals surface area contributed by atoms with E-state index in [1.54, 1.807) is 0 Å². The maximum Gasteiger partial charge on any atom is 0.0480 e. The monoisotopic (exact) mass is 296 g/mol. The number of hydrogen-bond acceptors (Lipinski definition) is 3. The zero-order chi connectivity index (χ0) is 15.1. The van der Waals surface area contributed by atoms with Gasteiger partial charge in [-0.3, -0.25) is 0 Å². The van der Waals surface area contributed by atoms with Gasteiger partial charge in [0.2, 0.25) is 0 Å². The molecule has 1 N–H and O–H groups in total. The third kappa shape index (κ3) is 5.54. The number of nitrogens with zero attached hydrogens (tertiary/aromatic N) is 1. The summed E-state index contributed by atoms with van der Waals surface area (Å²) in [6, 6.07) is 1.33. The van der Waals surface area contributed by atoms with Gasteiger partial charge in [0, 0.05) is 38.4 Å². The van der Waals surface area contributed by atoms with Crippen LogP contribution in [0.3, 0.4) is 0 Å². The van der Waals surface area contributed by atoms with E-state index in [-0.39, 0.29) is 0 Å². The average molecular weight is 296 g/mol. The minimum atomic E-state index is 0.494. The lowest BCUT2D eigenvalue weighted by atomic mass is 9.79. The minimum absolute atomic E-state index is 0.494. The quantitative estimate of drug-likeness (QED) is 0.760. The summed E-state index contributed by atoms with van der Waals surface area (Å²) < 4.78 is 5.52. The van der Waals surface area contributed by atoms with Gasteiger partial charge in [-0.25, -0.2) is 0 Å². The summed E-state index contributed by atoms with van der Waals surface area (Å²) in [4.78, 5) is 2.65. The van der Waals surface area contributed by atoms with Gasteiger partial charge in [0.25, 0.3) is 0 Å². The van der Waals surface area contributed by atoms with Gasteiger partial charge in [-0.15, -0.1) is 0 Å². The zero-order valence-electron chi connectivity index (χ0n) is 14.5. The van der Waals surface area contributed by atoms with Gasteiger partial charge >= 0.3 is 0 Å². The first kappa shape index (κ1) is 17.2. The van der Waals surface area contributed by atoms with Crippen LogP contribution in [-0.4, -0.2) is 50.3 Å². The Labute approximate surface area is 131 Å². The summed E-state index contributed by atoms with van der Waals surface area (Å²) in [6.07, 6.45) is 10.9. The largest absolute Gasteiger partial charge is 0.381 e. The second-order valence-corrected chi connectivity index (χ2v) is 7.71. The second kappa shape index (κ2) is 8.50. The minimum Gasteiger partial charge on any atom is -0.381 e. The molecule has 1 aliphatic carbocycles. The summed E-state index contributed by atoms with van der Waals surface area (Å²) >= 11 is 0. The topological polar surface area (TPSA) is 24.5 Å². The predicted octanol–water partition coefficient (Wildman–Crippen LogP) is 3.44. The lowest BCUT2D eigenvalue weighted by Crippen LogP contribution is -2.48. The number of ether oxygens (including phenoxy) is 1. The van der Waals surface area contributed by atoms with Crippen LogP contribution in [0.4, 0.5) is 0 Å². The van der Waals surface area contributed by atoms with Crippen molar-refractivity contribution in [2.75, 3.05) is 33.4 Å². The molecule has 124 valence electrons. The van der Waals surface area contributed by atoms with Gasteiger partial charge in [0.05, 0.1) is 0 Å². The molecule has 21 heavy (non-hydrogen) atoms. The molecule has 0 aromatic carbocycles. The lowest BCUT2D eigenvalue weighted by molar-refractivity contribution is 0.0237. The molecule has 0 bridgehead atoms. The van der Waals surface area contributed by atoms with Crippen molar-refractivity contribution in [1.29, 1.82) is 0 Å². The van der Waals surface area contributed by atoms with E-state index in [1.165, 1.54) is 64.5 Å². The smallest absolute Gasteiger partial charge is 0.0480 e. The molecule has 0 aromatic rings. The fourth-order valence-electron chi connectivity index (χ4n) is 4.07. The fraction of sp³-hybridized carbons (Fsp3) is 1.00. The molecule has 1 heterocycles. The summed E-state index contributed by atoms with van der Waals surface area (Å²) in [6.45, 7) is 8.90. The fourth-order valence-corrected chi connectivity index (χ4v) is 4.07. The first-order chi connectivity index (χ1) is 10.1. The van der Waals surface area contributed by atoms with Crippen molar-refractivity contribution in [3.05, 3.63) is 0 Å². The van der Waals surface area contributed by atoms with E-state index >= 15 is 0 Å². The Hall–Kier alpha value is -0.120. The predicted molar refractivity (Wildman–Crippen MR) is 89.7 cm³/mol. The third-order valence-electron chi connectivity index (χ3n) is 5.45. The molecule has 1 saturated heterocycles. The normalized spacial score (nSPS) is 24.4. The van der Waals surface area contributed by atoms with Crippen molar-refractivity contribution in [3.63, 3.8) is 0 Å². The van der Waals surface area contributed by atoms with E-state index in [9.17, 15) is 0 Å². The Bertz CT molecular complexity index is 279. The summed E-state index contributed by atoms with van der Waals surface area (Å²) in [5.41, 5.74) is 0.494. The number of rotatable bonds is 6. The van der Waals surface area contributed by atoms with Gasteiger partial charge in [-0.2, -0.15) is 0 Å². The van der Waals surface area contributed by atoms with Crippen molar-refractivity contribution < 1.29 is 4.74 Å². The van der Waals surface area contributed by atoms with E-state index in [0.29, 0.717) is 11.5 Å². The van der Waals surface area contributed by atoms with Crippen LogP contribution in [0.5, 0.6) is 0 Å². The van der Waals surface area contributed by atoms with Gasteiger partial charge in [-0.1, -0.05) is 39.5 Å². The molecule has 0 unspecified atom stereocenters. The lowest BCUT2D eigenvalue weighted by Gasteiger charge is -2.41. The molecular formula is C18H36N2O. The molecule has 1 saturated carbocycles. The maximum absolute atomic E-state index is 5.52. The van der Waals surface area contributed by atoms with Crippen LogP contribution in [0.1, 0.15) is 65.2 Å². The van der Waals surface area contributed by atoms with E-state index < -0.39 is 0 Å². The average Bonchev–Trinajstić information content (AvgIpc) is 2.72. The van der Waals surface area contributed by atoms with E-state index in [0.717, 1.165) is 19.3 Å². The van der Waals surface area contributed by atoms with E-state index in [1.807, 2.05) is 0 Å². The Kier molecular flexibility index (Phi) is 6.97. The van der Waals surface area contributed by atoms with Gasteiger partial charge in [0.15, 0.2) is 0 Å². The molecular weight excluding hydrogens is 260 g/mol. The van der Waals surface area contributed by atoms with Crippen LogP contribution >= 0.6 is 0 Å². The molecule has 0 aromatic heterocycles. The standard InChI is InChI=1S/C18H36N2O/c1-16(2)19-14-18(10-6-4-5-7-11-18)15-20(3)17-8-12-21-13-9-17/h16-17,19H,4-15H2,1-3H3. The van der Waals surface area contributed by atoms with Crippen LogP contribution in [0.15, 0.2) is 0 Å². The Balaban J connectivity index is 1.95. The van der Waals surface area contributed by atoms with Crippen molar-refractivity contribution in [2.45, 2.75) is 77.3 Å². The molecule has 3 nitrogen and oxygen atoms in total. The van der Waals surface area contributed by atoms with Crippen molar-refractivity contribution in [2.24, 2.45) is 5.41 Å².